The Morgan fingerprint density at radius 3 is 2.15 bits per heavy atom. The second kappa shape index (κ2) is 7.41. The third-order valence-electron chi connectivity index (χ3n) is 3.32. The Morgan fingerprint density at radius 2 is 1.75 bits per heavy atom. The predicted octanol–water partition coefficient (Wildman–Crippen LogP) is 4.79. The highest BCUT2D eigenvalue weighted by molar-refractivity contribution is 9.10. The molecular weight excluding hydrogens is 319 g/mol. The number of anilines is 1. The number of nitrogens with one attached hydrogen (secondary N) is 1. The van der Waals surface area contributed by atoms with Crippen molar-refractivity contribution in [3.63, 3.8) is 0 Å². The lowest BCUT2D eigenvalue weighted by atomic mass is 9.81. The van der Waals surface area contributed by atoms with Gasteiger partial charge in [-0.1, -0.05) is 27.7 Å². The molecule has 0 aromatic heterocycles. The summed E-state index contributed by atoms with van der Waals surface area (Å²) in [5.41, 5.74) is 6.84. The van der Waals surface area contributed by atoms with Gasteiger partial charge >= 0.3 is 0 Å². The van der Waals surface area contributed by atoms with Gasteiger partial charge in [-0.15, -0.1) is 0 Å². The summed E-state index contributed by atoms with van der Waals surface area (Å²) in [6.07, 6.45) is 1.99. The molecule has 0 saturated carbocycles. The van der Waals surface area contributed by atoms with Gasteiger partial charge in [0, 0.05) is 12.2 Å². The molecule has 0 amide bonds. The van der Waals surface area contributed by atoms with Crippen LogP contribution < -0.4 is 11.1 Å². The summed E-state index contributed by atoms with van der Waals surface area (Å²) in [4.78, 5) is 0. The first kappa shape index (κ1) is 17.4. The van der Waals surface area contributed by atoms with Gasteiger partial charge in [0.25, 0.3) is 0 Å². The van der Waals surface area contributed by atoms with Crippen molar-refractivity contribution in [1.29, 1.82) is 0 Å². The van der Waals surface area contributed by atoms with Crippen LogP contribution in [0.25, 0.3) is 0 Å². The molecule has 0 radical (unpaired) electrons. The average molecular weight is 345 g/mol. The second-order valence-electron chi connectivity index (χ2n) is 6.43. The lowest BCUT2D eigenvalue weighted by molar-refractivity contribution is 0.317. The van der Waals surface area contributed by atoms with Crippen molar-refractivity contribution in [2.45, 2.75) is 46.1 Å². The van der Waals surface area contributed by atoms with E-state index >= 15 is 0 Å². The highest BCUT2D eigenvalue weighted by Gasteiger charge is 2.30. The van der Waals surface area contributed by atoms with E-state index in [9.17, 15) is 4.39 Å². The Labute approximate surface area is 130 Å². The Hall–Kier alpha value is -0.610. The highest BCUT2D eigenvalue weighted by atomic mass is 79.9. The molecule has 0 bridgehead atoms. The Balaban J connectivity index is 3.00. The zero-order valence-corrected chi connectivity index (χ0v) is 14.4. The zero-order chi connectivity index (χ0) is 15.3. The standard InChI is InChI=1S/C16H26BrFN2/c1-11(2)8-16(10-19,9-12(3)4)20-13-5-6-15(18)14(17)7-13/h5-7,11-12,20H,8-10,19H2,1-4H3. The van der Waals surface area contributed by atoms with E-state index in [-0.39, 0.29) is 11.4 Å². The van der Waals surface area contributed by atoms with E-state index in [2.05, 4.69) is 48.9 Å². The van der Waals surface area contributed by atoms with E-state index < -0.39 is 0 Å². The van der Waals surface area contributed by atoms with Crippen molar-refractivity contribution in [3.05, 3.63) is 28.5 Å². The van der Waals surface area contributed by atoms with Gasteiger partial charge in [0.1, 0.15) is 5.82 Å². The van der Waals surface area contributed by atoms with Crippen molar-refractivity contribution in [2.75, 3.05) is 11.9 Å². The first-order valence-electron chi connectivity index (χ1n) is 7.21. The number of nitrogens with two attached hydrogens (primary N) is 1. The van der Waals surface area contributed by atoms with Gasteiger partial charge in [0.05, 0.1) is 10.0 Å². The zero-order valence-electron chi connectivity index (χ0n) is 12.8. The summed E-state index contributed by atoms with van der Waals surface area (Å²) >= 11 is 3.23. The Morgan fingerprint density at radius 1 is 1.20 bits per heavy atom. The van der Waals surface area contributed by atoms with Gasteiger partial charge < -0.3 is 11.1 Å². The summed E-state index contributed by atoms with van der Waals surface area (Å²) in [7, 11) is 0. The van der Waals surface area contributed by atoms with Crippen LogP contribution in [0.1, 0.15) is 40.5 Å². The molecule has 4 heteroatoms. The third kappa shape index (κ3) is 5.06. The van der Waals surface area contributed by atoms with Crippen LogP contribution in [0.4, 0.5) is 10.1 Å². The second-order valence-corrected chi connectivity index (χ2v) is 7.29. The molecule has 0 aliphatic carbocycles. The highest BCUT2D eigenvalue weighted by Crippen LogP contribution is 2.30. The largest absolute Gasteiger partial charge is 0.378 e. The molecule has 0 heterocycles. The summed E-state index contributed by atoms with van der Waals surface area (Å²) in [5.74, 6) is 0.851. The van der Waals surface area contributed by atoms with Crippen LogP contribution in [0.3, 0.4) is 0 Å². The van der Waals surface area contributed by atoms with E-state index in [0.29, 0.717) is 22.9 Å². The maximum absolute atomic E-state index is 13.3. The monoisotopic (exact) mass is 344 g/mol. The molecule has 0 aliphatic heterocycles. The normalized spacial score (nSPS) is 12.2. The number of hydrogen-bond donors (Lipinski definition) is 2. The SMILES string of the molecule is CC(C)CC(CN)(CC(C)C)Nc1ccc(F)c(Br)c1. The predicted molar refractivity (Wildman–Crippen MR) is 88.4 cm³/mol. The topological polar surface area (TPSA) is 38.0 Å². The minimum atomic E-state index is -0.249. The molecule has 0 fully saturated rings. The van der Waals surface area contributed by atoms with Crippen LogP contribution >= 0.6 is 15.9 Å². The van der Waals surface area contributed by atoms with Crippen LogP contribution in [0.2, 0.25) is 0 Å². The van der Waals surface area contributed by atoms with Crippen LogP contribution in [0, 0.1) is 17.7 Å². The van der Waals surface area contributed by atoms with Gasteiger partial charge in [-0.05, 0) is 58.8 Å². The maximum atomic E-state index is 13.3. The molecule has 1 aromatic carbocycles. The lowest BCUT2D eigenvalue weighted by Gasteiger charge is -2.38. The first-order chi connectivity index (χ1) is 9.28. The average Bonchev–Trinajstić information content (AvgIpc) is 2.32. The Bertz CT molecular complexity index is 422. The molecule has 0 spiro atoms. The lowest BCUT2D eigenvalue weighted by Crippen LogP contribution is -2.47. The molecule has 0 saturated heterocycles. The smallest absolute Gasteiger partial charge is 0.137 e. The van der Waals surface area contributed by atoms with Crippen molar-refractivity contribution < 1.29 is 4.39 Å². The van der Waals surface area contributed by atoms with E-state index in [0.717, 1.165) is 18.5 Å². The summed E-state index contributed by atoms with van der Waals surface area (Å²) < 4.78 is 13.8. The number of halogens is 2. The van der Waals surface area contributed by atoms with Gasteiger partial charge in [0.15, 0.2) is 0 Å². The van der Waals surface area contributed by atoms with Gasteiger partial charge in [-0.3, -0.25) is 0 Å². The summed E-state index contributed by atoms with van der Waals surface area (Å²) in [6, 6.07) is 5.02. The fourth-order valence-electron chi connectivity index (χ4n) is 2.85. The molecule has 2 nitrogen and oxygen atoms in total. The minimum Gasteiger partial charge on any atom is -0.378 e. The van der Waals surface area contributed by atoms with Crippen LogP contribution in [0.5, 0.6) is 0 Å². The maximum Gasteiger partial charge on any atom is 0.137 e. The van der Waals surface area contributed by atoms with Crippen molar-refractivity contribution in [1.82, 2.24) is 0 Å². The van der Waals surface area contributed by atoms with E-state index in [1.54, 1.807) is 12.1 Å². The van der Waals surface area contributed by atoms with E-state index in [1.807, 2.05) is 0 Å². The third-order valence-corrected chi connectivity index (χ3v) is 3.93. The summed E-state index contributed by atoms with van der Waals surface area (Å²) in [6.45, 7) is 9.37. The molecule has 114 valence electrons. The Kier molecular flexibility index (Phi) is 6.46. The first-order valence-corrected chi connectivity index (χ1v) is 8.00. The van der Waals surface area contributed by atoms with Gasteiger partial charge in [-0.25, -0.2) is 4.39 Å². The van der Waals surface area contributed by atoms with Crippen LogP contribution in [-0.2, 0) is 0 Å². The minimum absolute atomic E-state index is 0.139. The fourth-order valence-corrected chi connectivity index (χ4v) is 3.22. The van der Waals surface area contributed by atoms with Crippen LogP contribution in [0.15, 0.2) is 22.7 Å². The van der Waals surface area contributed by atoms with Crippen LogP contribution in [-0.4, -0.2) is 12.1 Å². The molecule has 1 aromatic rings. The number of benzene rings is 1. The molecule has 3 N–H and O–H groups in total. The van der Waals surface area contributed by atoms with Gasteiger partial charge in [0.2, 0.25) is 0 Å². The number of hydrogen-bond acceptors (Lipinski definition) is 2. The molecule has 20 heavy (non-hydrogen) atoms. The van der Waals surface area contributed by atoms with E-state index in [4.69, 9.17) is 5.73 Å². The molecule has 0 aliphatic rings. The van der Waals surface area contributed by atoms with E-state index in [1.165, 1.54) is 6.07 Å². The van der Waals surface area contributed by atoms with Crippen molar-refractivity contribution in [3.8, 4) is 0 Å². The summed E-state index contributed by atoms with van der Waals surface area (Å²) in [5, 5.41) is 3.55. The van der Waals surface area contributed by atoms with Crippen molar-refractivity contribution in [2.24, 2.45) is 17.6 Å². The molecule has 0 unspecified atom stereocenters. The molecule has 1 rings (SSSR count). The number of rotatable bonds is 7. The molecule has 0 atom stereocenters. The fraction of sp³-hybridized carbons (Fsp3) is 0.625. The molecular formula is C16H26BrFN2. The van der Waals surface area contributed by atoms with Gasteiger partial charge in [-0.2, -0.15) is 0 Å². The quantitative estimate of drug-likeness (QED) is 0.746. The van der Waals surface area contributed by atoms with Crippen molar-refractivity contribution >= 4 is 21.6 Å².